The number of piperazine rings is 1. The molecule has 1 aliphatic rings. The van der Waals surface area contributed by atoms with Crippen LogP contribution in [0.15, 0.2) is 59.4 Å². The lowest BCUT2D eigenvalue weighted by molar-refractivity contribution is 0.112. The van der Waals surface area contributed by atoms with Crippen LogP contribution in [0.4, 0.5) is 0 Å². The molecule has 0 atom stereocenters. The quantitative estimate of drug-likeness (QED) is 0.714. The smallest absolute Gasteiger partial charge is 0.241 e. The molecule has 1 saturated heterocycles. The lowest BCUT2D eigenvalue weighted by atomic mass is 10.2. The Balaban J connectivity index is 1.30. The van der Waals surface area contributed by atoms with Crippen molar-refractivity contribution in [2.75, 3.05) is 26.2 Å². The summed E-state index contributed by atoms with van der Waals surface area (Å²) in [5.41, 5.74) is 2.25. The van der Waals surface area contributed by atoms with Crippen molar-refractivity contribution in [2.24, 2.45) is 0 Å². The van der Waals surface area contributed by atoms with Gasteiger partial charge in [0.05, 0.1) is 6.54 Å². The van der Waals surface area contributed by atoms with E-state index in [2.05, 4.69) is 31.0 Å². The Hall–Kier alpha value is -2.57. The van der Waals surface area contributed by atoms with Crippen LogP contribution in [0.3, 0.4) is 0 Å². The van der Waals surface area contributed by atoms with E-state index in [1.807, 2.05) is 48.8 Å². The SMILES string of the molecule is c1ccc(-c2noc(CN3CCN(Cc4cccnc4)CC3)n2)cc1. The van der Waals surface area contributed by atoms with Gasteiger partial charge >= 0.3 is 0 Å². The van der Waals surface area contributed by atoms with E-state index in [1.165, 1.54) is 5.56 Å². The molecule has 0 aliphatic carbocycles. The predicted molar refractivity (Wildman–Crippen MR) is 94.5 cm³/mol. The number of aromatic nitrogens is 3. The van der Waals surface area contributed by atoms with Gasteiger partial charge in [0.1, 0.15) is 0 Å². The van der Waals surface area contributed by atoms with Crippen LogP contribution in [0.5, 0.6) is 0 Å². The van der Waals surface area contributed by atoms with Crippen molar-refractivity contribution in [2.45, 2.75) is 13.1 Å². The fourth-order valence-corrected chi connectivity index (χ4v) is 3.07. The summed E-state index contributed by atoms with van der Waals surface area (Å²) in [6, 6.07) is 14.0. The summed E-state index contributed by atoms with van der Waals surface area (Å²) >= 11 is 0. The third-order valence-electron chi connectivity index (χ3n) is 4.45. The highest BCUT2D eigenvalue weighted by molar-refractivity contribution is 5.53. The largest absolute Gasteiger partial charge is 0.338 e. The van der Waals surface area contributed by atoms with Crippen LogP contribution in [0.1, 0.15) is 11.5 Å². The minimum atomic E-state index is 0.658. The fourth-order valence-electron chi connectivity index (χ4n) is 3.07. The highest BCUT2D eigenvalue weighted by Crippen LogP contribution is 2.16. The first kappa shape index (κ1) is 15.9. The van der Waals surface area contributed by atoms with Gasteiger partial charge in [-0.15, -0.1) is 0 Å². The van der Waals surface area contributed by atoms with E-state index in [0.717, 1.165) is 38.3 Å². The van der Waals surface area contributed by atoms with Crippen LogP contribution in [0, 0.1) is 0 Å². The first-order chi connectivity index (χ1) is 12.4. The molecule has 6 nitrogen and oxygen atoms in total. The maximum absolute atomic E-state index is 5.42. The van der Waals surface area contributed by atoms with E-state index >= 15 is 0 Å². The summed E-state index contributed by atoms with van der Waals surface area (Å²) in [5, 5.41) is 4.09. The average molecular weight is 335 g/mol. The lowest BCUT2D eigenvalue weighted by Gasteiger charge is -2.33. The van der Waals surface area contributed by atoms with E-state index < -0.39 is 0 Å². The maximum atomic E-state index is 5.42. The van der Waals surface area contributed by atoms with Gasteiger partial charge in [-0.05, 0) is 11.6 Å². The number of benzene rings is 1. The van der Waals surface area contributed by atoms with Gasteiger partial charge in [0, 0.05) is 50.7 Å². The molecule has 3 heterocycles. The number of hydrogen-bond acceptors (Lipinski definition) is 6. The second kappa shape index (κ2) is 7.55. The monoisotopic (exact) mass is 335 g/mol. The minimum absolute atomic E-state index is 0.658. The van der Waals surface area contributed by atoms with Crippen molar-refractivity contribution < 1.29 is 4.52 Å². The number of pyridine rings is 1. The van der Waals surface area contributed by atoms with Gasteiger partial charge in [-0.3, -0.25) is 14.8 Å². The third-order valence-corrected chi connectivity index (χ3v) is 4.45. The zero-order valence-electron chi connectivity index (χ0n) is 14.1. The first-order valence-electron chi connectivity index (χ1n) is 8.58. The van der Waals surface area contributed by atoms with Gasteiger partial charge in [-0.25, -0.2) is 0 Å². The van der Waals surface area contributed by atoms with E-state index in [0.29, 0.717) is 18.3 Å². The molecule has 0 N–H and O–H groups in total. The maximum Gasteiger partial charge on any atom is 0.241 e. The van der Waals surface area contributed by atoms with Crippen molar-refractivity contribution in [3.8, 4) is 11.4 Å². The Labute approximate surface area is 147 Å². The summed E-state index contributed by atoms with van der Waals surface area (Å²) in [6.45, 7) is 5.75. The van der Waals surface area contributed by atoms with Crippen LogP contribution < -0.4 is 0 Å². The average Bonchev–Trinajstić information content (AvgIpc) is 3.14. The molecule has 25 heavy (non-hydrogen) atoms. The molecule has 4 rings (SSSR count). The predicted octanol–water partition coefficient (Wildman–Crippen LogP) is 2.45. The highest BCUT2D eigenvalue weighted by Gasteiger charge is 2.19. The van der Waals surface area contributed by atoms with Crippen LogP contribution in [0.2, 0.25) is 0 Å². The molecule has 0 radical (unpaired) electrons. The molecule has 128 valence electrons. The molecule has 3 aromatic rings. The molecule has 1 aliphatic heterocycles. The zero-order chi connectivity index (χ0) is 16.9. The van der Waals surface area contributed by atoms with Crippen LogP contribution in [-0.4, -0.2) is 51.1 Å². The molecule has 6 heteroatoms. The van der Waals surface area contributed by atoms with Gasteiger partial charge in [0.25, 0.3) is 0 Å². The molecular weight excluding hydrogens is 314 g/mol. The third kappa shape index (κ3) is 4.10. The van der Waals surface area contributed by atoms with Crippen molar-refractivity contribution in [1.29, 1.82) is 0 Å². The molecule has 0 bridgehead atoms. The summed E-state index contributed by atoms with van der Waals surface area (Å²) in [7, 11) is 0. The molecule has 0 amide bonds. The molecule has 0 saturated carbocycles. The summed E-state index contributed by atoms with van der Waals surface area (Å²) in [5.74, 6) is 1.34. The molecule has 1 aromatic carbocycles. The van der Waals surface area contributed by atoms with Gasteiger partial charge in [0.2, 0.25) is 11.7 Å². The van der Waals surface area contributed by atoms with Crippen molar-refractivity contribution >= 4 is 0 Å². The Bertz CT molecular complexity index is 782. The van der Waals surface area contributed by atoms with Crippen LogP contribution in [0.25, 0.3) is 11.4 Å². The van der Waals surface area contributed by atoms with Gasteiger partial charge in [-0.1, -0.05) is 41.6 Å². The number of rotatable bonds is 5. The topological polar surface area (TPSA) is 58.3 Å². The normalized spacial score (nSPS) is 16.2. The lowest BCUT2D eigenvalue weighted by Crippen LogP contribution is -2.45. The zero-order valence-corrected chi connectivity index (χ0v) is 14.1. The molecular formula is C19H21N5O. The molecule has 2 aromatic heterocycles. The van der Waals surface area contributed by atoms with E-state index in [4.69, 9.17) is 4.52 Å². The minimum Gasteiger partial charge on any atom is -0.338 e. The second-order valence-corrected chi connectivity index (χ2v) is 6.29. The fraction of sp³-hybridized carbons (Fsp3) is 0.316. The number of nitrogens with zero attached hydrogens (tertiary/aromatic N) is 5. The molecule has 0 spiro atoms. The second-order valence-electron chi connectivity index (χ2n) is 6.29. The standard InChI is InChI=1S/C19H21N5O/c1-2-6-17(7-3-1)19-21-18(25-22-19)15-24-11-9-23(10-12-24)14-16-5-4-8-20-13-16/h1-8,13H,9-12,14-15H2. The van der Waals surface area contributed by atoms with E-state index in [1.54, 1.807) is 0 Å². The molecule has 0 unspecified atom stereocenters. The summed E-state index contributed by atoms with van der Waals surface area (Å²) < 4.78 is 5.42. The van der Waals surface area contributed by atoms with Gasteiger partial charge in [0.15, 0.2) is 0 Å². The summed E-state index contributed by atoms with van der Waals surface area (Å²) in [6.07, 6.45) is 3.76. The van der Waals surface area contributed by atoms with Gasteiger partial charge in [-0.2, -0.15) is 4.98 Å². The van der Waals surface area contributed by atoms with E-state index in [9.17, 15) is 0 Å². The highest BCUT2D eigenvalue weighted by atomic mass is 16.5. The first-order valence-corrected chi connectivity index (χ1v) is 8.58. The van der Waals surface area contributed by atoms with Crippen LogP contribution in [-0.2, 0) is 13.1 Å². The summed E-state index contributed by atoms with van der Waals surface area (Å²) in [4.78, 5) is 13.5. The van der Waals surface area contributed by atoms with Gasteiger partial charge < -0.3 is 4.52 Å². The van der Waals surface area contributed by atoms with Crippen molar-refractivity contribution in [1.82, 2.24) is 24.9 Å². The number of hydrogen-bond donors (Lipinski definition) is 0. The van der Waals surface area contributed by atoms with Crippen molar-refractivity contribution in [3.05, 3.63) is 66.3 Å². The Kier molecular flexibility index (Phi) is 4.81. The Morgan fingerprint density at radius 3 is 2.36 bits per heavy atom. The Morgan fingerprint density at radius 2 is 1.64 bits per heavy atom. The van der Waals surface area contributed by atoms with Crippen molar-refractivity contribution in [3.63, 3.8) is 0 Å². The van der Waals surface area contributed by atoms with E-state index in [-0.39, 0.29) is 0 Å². The Morgan fingerprint density at radius 1 is 0.880 bits per heavy atom. The molecule has 1 fully saturated rings. The van der Waals surface area contributed by atoms with Crippen LogP contribution >= 0.6 is 0 Å².